The predicted octanol–water partition coefficient (Wildman–Crippen LogP) is 3.38. The van der Waals surface area contributed by atoms with Crippen LogP contribution in [-0.2, 0) is 4.74 Å². The van der Waals surface area contributed by atoms with Gasteiger partial charge in [0.1, 0.15) is 0 Å². The number of anilines is 1. The van der Waals surface area contributed by atoms with Crippen molar-refractivity contribution in [2.24, 2.45) is 0 Å². The number of methoxy groups -OCH3 is 1. The average molecular weight is 396 g/mol. The number of amides is 1. The van der Waals surface area contributed by atoms with Gasteiger partial charge in [-0.05, 0) is 12.5 Å². The monoisotopic (exact) mass is 396 g/mol. The summed E-state index contributed by atoms with van der Waals surface area (Å²) < 4.78 is 5.27. The maximum Gasteiger partial charge on any atom is 0.338 e. The molecule has 0 radical (unpaired) electrons. The number of non-ortho nitro benzene ring substituents is 1. The first-order valence-corrected chi connectivity index (χ1v) is 9.23. The number of hydrogen-bond donors (Lipinski definition) is 1. The van der Waals surface area contributed by atoms with Crippen LogP contribution >= 0.6 is 23.1 Å². The Balaban J connectivity index is 2.22. The van der Waals surface area contributed by atoms with Crippen molar-refractivity contribution < 1.29 is 19.2 Å². The fourth-order valence-corrected chi connectivity index (χ4v) is 3.81. The molecule has 0 aliphatic carbocycles. The van der Waals surface area contributed by atoms with Crippen molar-refractivity contribution in [2.75, 3.05) is 12.4 Å². The number of nitrogens with one attached hydrogen (secondary N) is 1. The van der Waals surface area contributed by atoms with Gasteiger partial charge in [0.05, 0.1) is 17.6 Å². The summed E-state index contributed by atoms with van der Waals surface area (Å²) in [5.74, 6) is -1.40. The number of thioether (sulfide) groups is 1. The SMILES string of the molecule is CCC(C)Sc1nnc(NC(=O)c2cc(C(=O)OC)cc([N+](=O)[O-])c2)s1. The fraction of sp³-hybridized carbons (Fsp3) is 0.333. The van der Waals surface area contributed by atoms with E-state index in [1.165, 1.54) is 17.4 Å². The van der Waals surface area contributed by atoms with E-state index in [0.717, 1.165) is 25.7 Å². The first-order valence-electron chi connectivity index (χ1n) is 7.53. The van der Waals surface area contributed by atoms with Crippen LogP contribution in [0.1, 0.15) is 41.0 Å². The van der Waals surface area contributed by atoms with E-state index >= 15 is 0 Å². The summed E-state index contributed by atoms with van der Waals surface area (Å²) in [5, 5.41) is 22.1. The maximum atomic E-state index is 12.4. The Morgan fingerprint density at radius 1 is 1.35 bits per heavy atom. The topological polar surface area (TPSA) is 124 Å². The smallest absolute Gasteiger partial charge is 0.338 e. The Bertz CT molecular complexity index is 839. The molecule has 0 saturated heterocycles. The number of carbonyl (C=O) groups excluding carboxylic acids is 2. The van der Waals surface area contributed by atoms with Crippen LogP contribution in [0.3, 0.4) is 0 Å². The molecule has 2 rings (SSSR count). The fourth-order valence-electron chi connectivity index (χ4n) is 1.82. The van der Waals surface area contributed by atoms with Gasteiger partial charge in [-0.2, -0.15) is 0 Å². The van der Waals surface area contributed by atoms with Gasteiger partial charge in [0.25, 0.3) is 11.6 Å². The lowest BCUT2D eigenvalue weighted by molar-refractivity contribution is -0.384. The van der Waals surface area contributed by atoms with Gasteiger partial charge >= 0.3 is 5.97 Å². The molecule has 2 aromatic rings. The number of aromatic nitrogens is 2. The number of carbonyl (C=O) groups is 2. The molecule has 0 aliphatic rings. The molecule has 0 saturated carbocycles. The van der Waals surface area contributed by atoms with Crippen molar-refractivity contribution in [1.82, 2.24) is 10.2 Å². The Hall–Kier alpha value is -2.53. The second-order valence-corrected chi connectivity index (χ2v) is 7.84. The van der Waals surface area contributed by atoms with Gasteiger partial charge in [-0.1, -0.05) is 36.9 Å². The molecule has 0 aliphatic heterocycles. The minimum Gasteiger partial charge on any atom is -0.465 e. The first-order chi connectivity index (χ1) is 12.3. The van der Waals surface area contributed by atoms with E-state index < -0.39 is 16.8 Å². The average Bonchev–Trinajstić information content (AvgIpc) is 3.06. The van der Waals surface area contributed by atoms with Gasteiger partial charge in [0.15, 0.2) is 4.34 Å². The highest BCUT2D eigenvalue weighted by Crippen LogP contribution is 2.30. The quantitative estimate of drug-likeness (QED) is 0.248. The lowest BCUT2D eigenvalue weighted by Crippen LogP contribution is -2.14. The summed E-state index contributed by atoms with van der Waals surface area (Å²) in [5.41, 5.74) is -0.522. The number of rotatable bonds is 7. The van der Waals surface area contributed by atoms with E-state index in [-0.39, 0.29) is 21.9 Å². The van der Waals surface area contributed by atoms with Crippen LogP contribution in [0.2, 0.25) is 0 Å². The Kier molecular flexibility index (Phi) is 6.64. The minimum atomic E-state index is -0.772. The number of benzene rings is 1. The van der Waals surface area contributed by atoms with Gasteiger partial charge in [0.2, 0.25) is 5.13 Å². The molecule has 11 heteroatoms. The third-order valence-electron chi connectivity index (χ3n) is 3.32. The van der Waals surface area contributed by atoms with Crippen LogP contribution in [0, 0.1) is 10.1 Å². The standard InChI is InChI=1S/C15H16N4O5S2/c1-4-8(2)25-15-18-17-14(26-15)16-12(20)9-5-10(13(21)24-3)7-11(6-9)19(22)23/h5-8H,4H2,1-3H3,(H,16,17,20). The number of nitro groups is 1. The van der Waals surface area contributed by atoms with Gasteiger partial charge in [-0.15, -0.1) is 10.2 Å². The Morgan fingerprint density at radius 3 is 2.65 bits per heavy atom. The number of esters is 1. The molecule has 1 heterocycles. The summed E-state index contributed by atoms with van der Waals surface area (Å²) in [4.78, 5) is 34.4. The van der Waals surface area contributed by atoms with Crippen LogP contribution in [0.15, 0.2) is 22.5 Å². The molecule has 0 bridgehead atoms. The summed E-state index contributed by atoms with van der Waals surface area (Å²) in [6.07, 6.45) is 0.968. The van der Waals surface area contributed by atoms with E-state index in [0.29, 0.717) is 9.59 Å². The van der Waals surface area contributed by atoms with Crippen molar-refractivity contribution in [3.05, 3.63) is 39.4 Å². The van der Waals surface area contributed by atoms with Crippen LogP contribution < -0.4 is 5.32 Å². The molecule has 1 atom stereocenters. The lowest BCUT2D eigenvalue weighted by atomic mass is 10.1. The molecular formula is C15H16N4O5S2. The van der Waals surface area contributed by atoms with E-state index in [2.05, 4.69) is 34.1 Å². The van der Waals surface area contributed by atoms with Gasteiger partial charge in [-0.25, -0.2) is 4.79 Å². The normalized spacial score (nSPS) is 11.7. The third kappa shape index (κ3) is 4.99. The highest BCUT2D eigenvalue weighted by Gasteiger charge is 2.19. The van der Waals surface area contributed by atoms with Crippen LogP contribution in [0.5, 0.6) is 0 Å². The lowest BCUT2D eigenvalue weighted by Gasteiger charge is -2.05. The highest BCUT2D eigenvalue weighted by molar-refractivity contribution is 8.01. The minimum absolute atomic E-state index is 0.0501. The third-order valence-corrected chi connectivity index (χ3v) is 5.51. The van der Waals surface area contributed by atoms with Crippen molar-refractivity contribution in [3.8, 4) is 0 Å². The summed E-state index contributed by atoms with van der Waals surface area (Å²) >= 11 is 2.75. The number of nitrogens with zero attached hydrogens (tertiary/aromatic N) is 3. The summed E-state index contributed by atoms with van der Waals surface area (Å²) in [6, 6.07) is 3.36. The molecule has 1 aromatic carbocycles. The second-order valence-electron chi connectivity index (χ2n) is 5.18. The number of hydrogen-bond acceptors (Lipinski definition) is 9. The number of ether oxygens (including phenoxy) is 1. The number of nitro benzene ring substituents is 1. The van der Waals surface area contributed by atoms with E-state index in [4.69, 9.17) is 0 Å². The first kappa shape index (κ1) is 19.8. The van der Waals surface area contributed by atoms with Gasteiger partial charge < -0.3 is 4.74 Å². The van der Waals surface area contributed by atoms with Gasteiger partial charge in [-0.3, -0.25) is 20.2 Å². The highest BCUT2D eigenvalue weighted by atomic mass is 32.2. The van der Waals surface area contributed by atoms with Crippen molar-refractivity contribution in [1.29, 1.82) is 0 Å². The molecule has 26 heavy (non-hydrogen) atoms. The molecule has 1 amide bonds. The molecule has 1 N–H and O–H groups in total. The van der Waals surface area contributed by atoms with E-state index in [9.17, 15) is 19.7 Å². The van der Waals surface area contributed by atoms with Crippen molar-refractivity contribution in [2.45, 2.75) is 29.9 Å². The Morgan fingerprint density at radius 2 is 2.04 bits per heavy atom. The molecule has 138 valence electrons. The zero-order valence-electron chi connectivity index (χ0n) is 14.2. The molecule has 9 nitrogen and oxygen atoms in total. The van der Waals surface area contributed by atoms with E-state index in [1.807, 2.05) is 0 Å². The zero-order valence-corrected chi connectivity index (χ0v) is 15.8. The van der Waals surface area contributed by atoms with Crippen LogP contribution in [-0.4, -0.2) is 39.4 Å². The Labute approximate surface area is 157 Å². The maximum absolute atomic E-state index is 12.4. The van der Waals surface area contributed by atoms with Crippen molar-refractivity contribution in [3.63, 3.8) is 0 Å². The van der Waals surface area contributed by atoms with Crippen molar-refractivity contribution >= 4 is 45.8 Å². The van der Waals surface area contributed by atoms with Crippen LogP contribution in [0.25, 0.3) is 0 Å². The molecule has 1 aromatic heterocycles. The predicted molar refractivity (Wildman–Crippen MR) is 97.9 cm³/mol. The van der Waals surface area contributed by atoms with Crippen LogP contribution in [0.4, 0.5) is 10.8 Å². The molecule has 0 spiro atoms. The van der Waals surface area contributed by atoms with E-state index in [1.54, 1.807) is 11.8 Å². The summed E-state index contributed by atoms with van der Waals surface area (Å²) in [7, 11) is 1.15. The zero-order chi connectivity index (χ0) is 19.3. The molecule has 1 unspecified atom stereocenters. The largest absolute Gasteiger partial charge is 0.465 e. The molecule has 0 fully saturated rings. The second kappa shape index (κ2) is 8.72. The molecular weight excluding hydrogens is 380 g/mol. The van der Waals surface area contributed by atoms with Gasteiger partial charge in [0, 0.05) is 22.9 Å². The summed E-state index contributed by atoms with van der Waals surface area (Å²) in [6.45, 7) is 4.12.